The van der Waals surface area contributed by atoms with Crippen LogP contribution in [-0.4, -0.2) is 64.8 Å². The molecule has 3 rings (SSSR count). The lowest BCUT2D eigenvalue weighted by Crippen LogP contribution is -2.54. The molecule has 2 atom stereocenters. The third-order valence-electron chi connectivity index (χ3n) is 4.60. The highest BCUT2D eigenvalue weighted by molar-refractivity contribution is 7.92. The van der Waals surface area contributed by atoms with Crippen LogP contribution in [0.5, 0.6) is 0 Å². The smallest absolute Gasteiger partial charge is 0.237 e. The van der Waals surface area contributed by atoms with E-state index in [1.165, 1.54) is 24.3 Å². The lowest BCUT2D eigenvalue weighted by molar-refractivity contribution is 0.229. The lowest BCUT2D eigenvalue weighted by atomic mass is 10.2. The van der Waals surface area contributed by atoms with Crippen molar-refractivity contribution in [3.05, 3.63) is 29.8 Å². The van der Waals surface area contributed by atoms with E-state index in [1.807, 2.05) is 6.07 Å². The average molecular weight is 434 g/mol. The lowest BCUT2D eigenvalue weighted by Gasteiger charge is -2.30. The summed E-state index contributed by atoms with van der Waals surface area (Å²) in [5, 5.41) is 9.01. The second-order valence-electron chi connectivity index (χ2n) is 6.73. The van der Waals surface area contributed by atoms with Crippen LogP contribution in [0.3, 0.4) is 0 Å². The van der Waals surface area contributed by atoms with Crippen molar-refractivity contribution in [3.63, 3.8) is 0 Å². The Morgan fingerprint density at radius 2 is 1.74 bits per heavy atom. The molecule has 0 bridgehead atoms. The monoisotopic (exact) mass is 433 g/mol. The zero-order chi connectivity index (χ0) is 19.9. The van der Waals surface area contributed by atoms with Crippen molar-refractivity contribution >= 4 is 29.7 Å². The Kier molecular flexibility index (Phi) is 5.35. The Hall–Kier alpha value is -1.52. The van der Waals surface area contributed by atoms with Gasteiger partial charge in [-0.2, -0.15) is 5.26 Å². The van der Waals surface area contributed by atoms with Crippen LogP contribution in [0, 0.1) is 11.3 Å². The van der Waals surface area contributed by atoms with Crippen LogP contribution < -0.4 is 5.43 Å². The van der Waals surface area contributed by atoms with Crippen molar-refractivity contribution in [1.82, 2.24) is 9.84 Å². The fraction of sp³-hybridized carbons (Fsp3) is 0.533. The first kappa shape index (κ1) is 20.2. The van der Waals surface area contributed by atoms with E-state index in [2.05, 4.69) is 5.43 Å². The van der Waals surface area contributed by atoms with Gasteiger partial charge in [-0.05, 0) is 31.0 Å². The average Bonchev–Trinajstić information content (AvgIpc) is 3.13. The highest BCUT2D eigenvalue weighted by atomic mass is 32.2. The molecule has 12 heteroatoms. The molecule has 0 amide bonds. The Morgan fingerprint density at radius 1 is 1.07 bits per heavy atom. The standard InChI is InChI=1S/C15H19N3O6S3/c16-9-12-2-1-3-15(8-12)27(23,24)18(14-5-7-26(21,22)11-14)17-13-4-6-25(19,20)10-13/h1-3,8,13-14,17H,4-7,10-11H2/t13-,14+/m0/s1. The Morgan fingerprint density at radius 3 is 2.30 bits per heavy atom. The zero-order valence-electron chi connectivity index (χ0n) is 14.3. The fourth-order valence-electron chi connectivity index (χ4n) is 3.25. The topological polar surface area (TPSA) is 141 Å². The highest BCUT2D eigenvalue weighted by Crippen LogP contribution is 2.25. The molecule has 0 radical (unpaired) electrons. The predicted molar refractivity (Wildman–Crippen MR) is 97.4 cm³/mol. The molecule has 2 heterocycles. The number of hydrogen-bond acceptors (Lipinski definition) is 8. The molecule has 1 N–H and O–H groups in total. The fourth-order valence-corrected chi connectivity index (χ4v) is 8.32. The van der Waals surface area contributed by atoms with E-state index in [0.717, 1.165) is 4.41 Å². The van der Waals surface area contributed by atoms with Crippen molar-refractivity contribution in [3.8, 4) is 6.07 Å². The van der Waals surface area contributed by atoms with Crippen LogP contribution in [0.2, 0.25) is 0 Å². The molecule has 27 heavy (non-hydrogen) atoms. The van der Waals surface area contributed by atoms with E-state index < -0.39 is 41.8 Å². The molecule has 0 aromatic heterocycles. The quantitative estimate of drug-likeness (QED) is 0.608. The van der Waals surface area contributed by atoms with Crippen molar-refractivity contribution in [2.45, 2.75) is 29.8 Å². The maximum Gasteiger partial charge on any atom is 0.256 e. The summed E-state index contributed by atoms with van der Waals surface area (Å²) < 4.78 is 74.3. The molecule has 1 aromatic carbocycles. The van der Waals surface area contributed by atoms with Gasteiger partial charge in [0.15, 0.2) is 19.7 Å². The second kappa shape index (κ2) is 7.14. The van der Waals surface area contributed by atoms with Crippen LogP contribution in [0.15, 0.2) is 29.2 Å². The number of sulfonamides is 1. The normalized spacial score (nSPS) is 26.8. The molecular formula is C15H19N3O6S3. The van der Waals surface area contributed by atoms with Crippen LogP contribution in [-0.2, 0) is 29.7 Å². The van der Waals surface area contributed by atoms with Crippen LogP contribution in [0.25, 0.3) is 0 Å². The third kappa shape index (κ3) is 4.49. The van der Waals surface area contributed by atoms with Gasteiger partial charge < -0.3 is 0 Å². The molecule has 2 aliphatic heterocycles. The molecule has 0 aliphatic carbocycles. The number of hydrazine groups is 1. The van der Waals surface area contributed by atoms with Crippen LogP contribution >= 0.6 is 0 Å². The van der Waals surface area contributed by atoms with Crippen LogP contribution in [0.4, 0.5) is 0 Å². The van der Waals surface area contributed by atoms with E-state index in [9.17, 15) is 25.3 Å². The maximum atomic E-state index is 13.2. The molecule has 2 fully saturated rings. The molecule has 0 spiro atoms. The summed E-state index contributed by atoms with van der Waals surface area (Å²) in [5.74, 6) is -0.731. The first-order valence-corrected chi connectivity index (χ1v) is 13.3. The number of nitrogens with zero attached hydrogens (tertiary/aromatic N) is 2. The van der Waals surface area contributed by atoms with Gasteiger partial charge >= 0.3 is 0 Å². The number of sulfone groups is 2. The summed E-state index contributed by atoms with van der Waals surface area (Å²) in [5.41, 5.74) is 2.90. The van der Waals surface area contributed by atoms with E-state index >= 15 is 0 Å². The number of rotatable bonds is 5. The maximum absolute atomic E-state index is 13.2. The number of benzene rings is 1. The van der Waals surface area contributed by atoms with Crippen molar-refractivity contribution in [2.24, 2.45) is 0 Å². The largest absolute Gasteiger partial charge is 0.256 e. The van der Waals surface area contributed by atoms with Crippen molar-refractivity contribution in [1.29, 1.82) is 5.26 Å². The number of nitriles is 1. The first-order valence-electron chi connectivity index (χ1n) is 8.24. The minimum absolute atomic E-state index is 0.0502. The van der Waals surface area contributed by atoms with Crippen molar-refractivity contribution in [2.75, 3.05) is 23.0 Å². The molecule has 0 unspecified atom stereocenters. The molecular weight excluding hydrogens is 414 g/mol. The Labute approximate surface area is 158 Å². The minimum atomic E-state index is -4.18. The summed E-state index contributed by atoms with van der Waals surface area (Å²) in [7, 11) is -10.8. The first-order chi connectivity index (χ1) is 12.5. The van der Waals surface area contributed by atoms with E-state index in [-0.39, 0.29) is 46.3 Å². The molecule has 0 saturated carbocycles. The van der Waals surface area contributed by atoms with Gasteiger partial charge in [0.05, 0.1) is 45.6 Å². The van der Waals surface area contributed by atoms with Gasteiger partial charge in [0.1, 0.15) is 0 Å². The Bertz CT molecular complexity index is 1090. The molecule has 2 aliphatic rings. The summed E-state index contributed by atoms with van der Waals surface area (Å²) in [6, 6.07) is 5.82. The van der Waals surface area contributed by atoms with Gasteiger partial charge in [-0.25, -0.2) is 30.7 Å². The summed E-state index contributed by atoms with van der Waals surface area (Å²) in [6.45, 7) is 0. The van der Waals surface area contributed by atoms with Gasteiger partial charge in [-0.15, -0.1) is 4.41 Å². The van der Waals surface area contributed by atoms with E-state index in [4.69, 9.17) is 5.26 Å². The number of hydrogen-bond donors (Lipinski definition) is 1. The third-order valence-corrected chi connectivity index (χ3v) is 9.89. The van der Waals surface area contributed by atoms with Gasteiger partial charge in [0, 0.05) is 6.04 Å². The van der Waals surface area contributed by atoms with E-state index in [0.29, 0.717) is 0 Å². The summed E-state index contributed by atoms with van der Waals surface area (Å²) in [6.07, 6.45) is 0.359. The van der Waals surface area contributed by atoms with Gasteiger partial charge in [0.25, 0.3) is 10.0 Å². The number of nitrogens with one attached hydrogen (secondary N) is 1. The molecule has 148 valence electrons. The van der Waals surface area contributed by atoms with Gasteiger partial charge in [-0.3, -0.25) is 0 Å². The minimum Gasteiger partial charge on any atom is -0.237 e. The SMILES string of the molecule is N#Cc1cccc(S(=O)(=O)N(N[C@H]2CCS(=O)(=O)C2)[C@@H]2CCS(=O)(=O)C2)c1. The molecule has 9 nitrogen and oxygen atoms in total. The zero-order valence-corrected chi connectivity index (χ0v) is 16.7. The summed E-state index contributed by atoms with van der Waals surface area (Å²) >= 11 is 0. The van der Waals surface area contributed by atoms with Crippen molar-refractivity contribution < 1.29 is 25.3 Å². The van der Waals surface area contributed by atoms with E-state index in [1.54, 1.807) is 0 Å². The molecule has 2 saturated heterocycles. The second-order valence-corrected chi connectivity index (χ2v) is 13.0. The predicted octanol–water partition coefficient (Wildman–Crippen LogP) is -0.572. The Balaban J connectivity index is 1.97. The highest BCUT2D eigenvalue weighted by Gasteiger charge is 2.41. The van der Waals surface area contributed by atoms with Gasteiger partial charge in [0.2, 0.25) is 0 Å². The van der Waals surface area contributed by atoms with Gasteiger partial charge in [-0.1, -0.05) is 6.07 Å². The van der Waals surface area contributed by atoms with Crippen LogP contribution in [0.1, 0.15) is 18.4 Å². The summed E-state index contributed by atoms with van der Waals surface area (Å²) in [4.78, 5) is -0.154. The molecule has 1 aromatic rings.